The van der Waals surface area contributed by atoms with Crippen LogP contribution in [0, 0.1) is 0 Å². The average molecular weight is 275 g/mol. The zero-order chi connectivity index (χ0) is 12.3. The molecule has 1 aliphatic heterocycles. The first kappa shape index (κ1) is 15.0. The largest absolute Gasteiger partial charge is 0.463 e. The first-order valence-corrected chi connectivity index (χ1v) is 5.85. The van der Waals surface area contributed by atoms with E-state index in [4.69, 9.17) is 10.2 Å². The van der Waals surface area contributed by atoms with Crippen molar-refractivity contribution in [3.8, 4) is 0 Å². The summed E-state index contributed by atoms with van der Waals surface area (Å²) in [6.07, 6.45) is 2.31. The van der Waals surface area contributed by atoms with Crippen LogP contribution in [0.5, 0.6) is 0 Å². The molecular formula is C12H19ClN2O3. The van der Waals surface area contributed by atoms with Crippen LogP contribution in [0.3, 0.4) is 0 Å². The Balaban J connectivity index is 0.00000162. The lowest BCUT2D eigenvalue weighted by Crippen LogP contribution is -2.34. The third-order valence-corrected chi connectivity index (χ3v) is 3.18. The maximum Gasteiger partial charge on any atom is 0.373 e. The highest BCUT2D eigenvalue weighted by molar-refractivity contribution is 5.86. The first-order chi connectivity index (χ1) is 8.24. The molecule has 1 atom stereocenters. The molecule has 1 aromatic rings. The first-order valence-electron chi connectivity index (χ1n) is 5.85. The van der Waals surface area contributed by atoms with Gasteiger partial charge in [0.2, 0.25) is 5.76 Å². The van der Waals surface area contributed by atoms with Gasteiger partial charge in [-0.3, -0.25) is 4.90 Å². The Morgan fingerprint density at radius 3 is 3.06 bits per heavy atom. The number of furan rings is 1. The topological polar surface area (TPSA) is 68.7 Å². The van der Waals surface area contributed by atoms with Crippen LogP contribution < -0.4 is 5.73 Å². The zero-order valence-electron chi connectivity index (χ0n) is 10.4. The molecule has 1 saturated heterocycles. The summed E-state index contributed by atoms with van der Waals surface area (Å²) in [5, 5.41) is 0. The zero-order valence-corrected chi connectivity index (χ0v) is 11.2. The molecule has 0 spiro atoms. The monoisotopic (exact) mass is 274 g/mol. The third-order valence-electron chi connectivity index (χ3n) is 3.18. The lowest BCUT2D eigenvalue weighted by atomic mass is 10.2. The molecule has 0 radical (unpaired) electrons. The molecule has 6 heteroatoms. The van der Waals surface area contributed by atoms with Crippen molar-refractivity contribution in [1.29, 1.82) is 0 Å². The number of methoxy groups -OCH3 is 1. The van der Waals surface area contributed by atoms with Crippen LogP contribution in [0.1, 0.15) is 29.2 Å². The van der Waals surface area contributed by atoms with Crippen molar-refractivity contribution < 1.29 is 13.9 Å². The molecule has 102 valence electrons. The van der Waals surface area contributed by atoms with E-state index in [1.165, 1.54) is 13.5 Å². The lowest BCUT2D eigenvalue weighted by Gasteiger charge is -2.21. The van der Waals surface area contributed by atoms with Crippen LogP contribution in [0.4, 0.5) is 0 Å². The Kier molecular flexibility index (Phi) is 5.65. The minimum absolute atomic E-state index is 0. The maximum atomic E-state index is 11.2. The molecule has 0 aliphatic carbocycles. The summed E-state index contributed by atoms with van der Waals surface area (Å²) in [7, 11) is 1.34. The number of hydrogen-bond acceptors (Lipinski definition) is 5. The van der Waals surface area contributed by atoms with Crippen molar-refractivity contribution in [2.24, 2.45) is 5.73 Å². The average Bonchev–Trinajstić information content (AvgIpc) is 2.97. The Labute approximate surface area is 113 Å². The molecule has 0 aromatic carbocycles. The minimum Gasteiger partial charge on any atom is -0.463 e. The van der Waals surface area contributed by atoms with Gasteiger partial charge in [-0.25, -0.2) is 4.79 Å². The van der Waals surface area contributed by atoms with Crippen molar-refractivity contribution in [1.82, 2.24) is 4.90 Å². The number of likely N-dealkylation sites (tertiary alicyclic amines) is 1. The van der Waals surface area contributed by atoms with E-state index in [1.807, 2.05) is 6.07 Å². The van der Waals surface area contributed by atoms with Crippen molar-refractivity contribution in [2.45, 2.75) is 25.4 Å². The van der Waals surface area contributed by atoms with E-state index in [-0.39, 0.29) is 18.2 Å². The number of halogens is 1. The molecule has 2 rings (SSSR count). The quantitative estimate of drug-likeness (QED) is 0.841. The van der Waals surface area contributed by atoms with Gasteiger partial charge in [0.15, 0.2) is 0 Å². The summed E-state index contributed by atoms with van der Waals surface area (Å²) in [6.45, 7) is 2.42. The highest BCUT2D eigenvalue weighted by Gasteiger charge is 2.24. The van der Waals surface area contributed by atoms with Crippen molar-refractivity contribution in [3.05, 3.63) is 23.7 Å². The van der Waals surface area contributed by atoms with E-state index < -0.39 is 5.97 Å². The van der Waals surface area contributed by atoms with Crippen LogP contribution in [0.2, 0.25) is 0 Å². The summed E-state index contributed by atoms with van der Waals surface area (Å²) in [6, 6.07) is 3.90. The molecule has 1 aromatic heterocycles. The van der Waals surface area contributed by atoms with Crippen LogP contribution in [-0.4, -0.2) is 37.1 Å². The molecule has 2 heterocycles. The van der Waals surface area contributed by atoms with Crippen molar-refractivity contribution >= 4 is 18.4 Å². The number of carbonyl (C=O) groups excluding carboxylic acids is 1. The van der Waals surface area contributed by atoms with Crippen LogP contribution in [0.15, 0.2) is 16.5 Å². The van der Waals surface area contributed by atoms with Crippen molar-refractivity contribution in [2.75, 3.05) is 20.2 Å². The second-order valence-electron chi connectivity index (χ2n) is 4.26. The van der Waals surface area contributed by atoms with Gasteiger partial charge in [0.1, 0.15) is 5.76 Å². The SMILES string of the molecule is COC(=O)c1ccc(CN2CCCC2CN)o1.Cl. The number of hydrogen-bond donors (Lipinski definition) is 1. The van der Waals surface area contributed by atoms with Crippen molar-refractivity contribution in [3.63, 3.8) is 0 Å². The van der Waals surface area contributed by atoms with Gasteiger partial charge in [-0.15, -0.1) is 12.4 Å². The number of ether oxygens (including phenoxy) is 1. The fourth-order valence-electron chi connectivity index (χ4n) is 2.24. The predicted molar refractivity (Wildman–Crippen MR) is 69.8 cm³/mol. The maximum absolute atomic E-state index is 11.2. The third kappa shape index (κ3) is 3.25. The van der Waals surface area contributed by atoms with E-state index in [2.05, 4.69) is 9.64 Å². The minimum atomic E-state index is -0.437. The van der Waals surface area contributed by atoms with Gasteiger partial charge >= 0.3 is 5.97 Å². The van der Waals surface area contributed by atoms with E-state index in [0.29, 0.717) is 19.1 Å². The van der Waals surface area contributed by atoms with Gasteiger partial charge in [0.25, 0.3) is 0 Å². The Morgan fingerprint density at radius 2 is 2.39 bits per heavy atom. The van der Waals surface area contributed by atoms with E-state index >= 15 is 0 Å². The fraction of sp³-hybridized carbons (Fsp3) is 0.583. The summed E-state index contributed by atoms with van der Waals surface area (Å²) < 4.78 is 10.0. The molecule has 0 bridgehead atoms. The number of esters is 1. The van der Waals surface area contributed by atoms with Gasteiger partial charge in [-0.1, -0.05) is 0 Å². The van der Waals surface area contributed by atoms with Gasteiger partial charge < -0.3 is 14.9 Å². The lowest BCUT2D eigenvalue weighted by molar-refractivity contribution is 0.0561. The Hall–Kier alpha value is -1.04. The molecule has 18 heavy (non-hydrogen) atoms. The fourth-order valence-corrected chi connectivity index (χ4v) is 2.24. The number of rotatable bonds is 4. The molecule has 0 amide bonds. The van der Waals surface area contributed by atoms with E-state index in [9.17, 15) is 4.79 Å². The van der Waals surface area contributed by atoms with Crippen LogP contribution >= 0.6 is 12.4 Å². The molecule has 2 N–H and O–H groups in total. The predicted octanol–water partition coefficient (Wildman–Crippen LogP) is 1.41. The number of nitrogens with zero attached hydrogens (tertiary/aromatic N) is 1. The summed E-state index contributed by atoms with van der Waals surface area (Å²) in [5.74, 6) is 0.602. The van der Waals surface area contributed by atoms with E-state index in [0.717, 1.165) is 18.7 Å². The smallest absolute Gasteiger partial charge is 0.373 e. The van der Waals surface area contributed by atoms with E-state index in [1.54, 1.807) is 6.07 Å². The molecule has 0 saturated carbocycles. The summed E-state index contributed by atoms with van der Waals surface area (Å²) in [5.41, 5.74) is 5.71. The molecular weight excluding hydrogens is 256 g/mol. The standard InChI is InChI=1S/C12H18N2O3.ClH/c1-16-12(15)11-5-4-10(17-11)8-14-6-2-3-9(14)7-13;/h4-5,9H,2-3,6-8,13H2,1H3;1H. The Morgan fingerprint density at radius 1 is 1.61 bits per heavy atom. The molecule has 5 nitrogen and oxygen atoms in total. The number of carbonyl (C=O) groups is 1. The number of nitrogens with two attached hydrogens (primary N) is 1. The van der Waals surface area contributed by atoms with Gasteiger partial charge in [0, 0.05) is 12.6 Å². The second kappa shape index (κ2) is 6.78. The van der Waals surface area contributed by atoms with Gasteiger partial charge in [0.05, 0.1) is 13.7 Å². The highest BCUT2D eigenvalue weighted by atomic mass is 35.5. The second-order valence-corrected chi connectivity index (χ2v) is 4.26. The Bertz CT molecular complexity index is 394. The summed E-state index contributed by atoms with van der Waals surface area (Å²) >= 11 is 0. The molecule has 1 fully saturated rings. The summed E-state index contributed by atoms with van der Waals surface area (Å²) in [4.78, 5) is 13.5. The van der Waals surface area contributed by atoms with Gasteiger partial charge in [-0.05, 0) is 31.5 Å². The van der Waals surface area contributed by atoms with Crippen LogP contribution in [-0.2, 0) is 11.3 Å². The van der Waals surface area contributed by atoms with Crippen LogP contribution in [0.25, 0.3) is 0 Å². The van der Waals surface area contributed by atoms with Gasteiger partial charge in [-0.2, -0.15) is 0 Å². The highest BCUT2D eigenvalue weighted by Crippen LogP contribution is 2.20. The molecule has 1 unspecified atom stereocenters. The normalized spacial score (nSPS) is 19.6. The molecule has 1 aliphatic rings.